The van der Waals surface area contributed by atoms with Crippen molar-refractivity contribution >= 4 is 40.5 Å². The molecule has 0 fully saturated rings. The highest BCUT2D eigenvalue weighted by Gasteiger charge is 2.34. The van der Waals surface area contributed by atoms with Gasteiger partial charge in [-0.2, -0.15) is 10.1 Å². The molecule has 0 aliphatic carbocycles. The van der Waals surface area contributed by atoms with Crippen LogP contribution in [0.1, 0.15) is 22.9 Å². The molecule has 9 nitrogen and oxygen atoms in total. The van der Waals surface area contributed by atoms with Crippen LogP contribution in [0.15, 0.2) is 64.4 Å². The fourth-order valence-corrected chi connectivity index (χ4v) is 5.02. The van der Waals surface area contributed by atoms with Gasteiger partial charge in [0.15, 0.2) is 11.5 Å². The van der Waals surface area contributed by atoms with Crippen LogP contribution >= 0.6 is 23.1 Å². The second-order valence-electron chi connectivity index (χ2n) is 7.14. The highest BCUT2D eigenvalue weighted by molar-refractivity contribution is 7.99. The average Bonchev–Trinajstić information content (AvgIpc) is 3.60. The molecule has 1 amide bonds. The van der Waals surface area contributed by atoms with Gasteiger partial charge in [0, 0.05) is 18.8 Å². The van der Waals surface area contributed by atoms with Crippen LogP contribution in [0.4, 0.5) is 0 Å². The first-order valence-corrected chi connectivity index (χ1v) is 12.0. The lowest BCUT2D eigenvalue weighted by Gasteiger charge is -2.22. The van der Waals surface area contributed by atoms with Gasteiger partial charge < -0.3 is 9.47 Å². The molecule has 0 N–H and O–H groups in total. The topological polar surface area (TPSA) is 94.2 Å². The van der Waals surface area contributed by atoms with Crippen LogP contribution in [0.2, 0.25) is 0 Å². The van der Waals surface area contributed by atoms with Crippen molar-refractivity contribution in [1.82, 2.24) is 24.6 Å². The number of thiophene rings is 1. The van der Waals surface area contributed by atoms with Crippen LogP contribution in [-0.2, 0) is 4.79 Å². The van der Waals surface area contributed by atoms with E-state index in [2.05, 4.69) is 15.1 Å². The van der Waals surface area contributed by atoms with Crippen molar-refractivity contribution in [2.24, 2.45) is 5.10 Å². The van der Waals surface area contributed by atoms with Gasteiger partial charge in [-0.05, 0) is 35.2 Å². The highest BCUT2D eigenvalue weighted by Crippen LogP contribution is 2.38. The summed E-state index contributed by atoms with van der Waals surface area (Å²) in [6, 6.07) is 11.2. The van der Waals surface area contributed by atoms with Gasteiger partial charge in [-0.25, -0.2) is 14.5 Å². The summed E-state index contributed by atoms with van der Waals surface area (Å²) in [6.45, 7) is 0. The van der Waals surface area contributed by atoms with E-state index in [1.165, 1.54) is 11.8 Å². The normalized spacial score (nSPS) is 15.6. The van der Waals surface area contributed by atoms with E-state index in [9.17, 15) is 4.79 Å². The van der Waals surface area contributed by atoms with Crippen molar-refractivity contribution in [3.8, 4) is 11.5 Å². The number of fused-ring (bicyclic) bond motifs is 1. The molecule has 1 atom stereocenters. The zero-order valence-electron chi connectivity index (χ0n) is 17.9. The minimum atomic E-state index is -0.245. The van der Waals surface area contributed by atoms with E-state index in [4.69, 9.17) is 14.6 Å². The number of carbonyl (C=O) groups is 1. The molecule has 0 spiro atoms. The number of hydrogen-bond donors (Lipinski definition) is 0. The Morgan fingerprint density at radius 2 is 2.09 bits per heavy atom. The SMILES string of the molecule is COc1ccc(C2CC(c3cccs3)=NN2C(=O)CSc2nc3ncccn3n2)cc1OC. The van der Waals surface area contributed by atoms with Gasteiger partial charge in [0.05, 0.1) is 36.6 Å². The average molecular weight is 481 g/mol. The molecule has 0 radical (unpaired) electrons. The summed E-state index contributed by atoms with van der Waals surface area (Å²) in [5.41, 5.74) is 1.81. The molecule has 5 rings (SSSR count). The van der Waals surface area contributed by atoms with Crippen LogP contribution in [0.25, 0.3) is 5.78 Å². The summed E-state index contributed by atoms with van der Waals surface area (Å²) in [6.07, 6.45) is 4.04. The Labute approximate surface area is 198 Å². The quantitative estimate of drug-likeness (QED) is 0.373. The predicted octanol–water partition coefficient (Wildman–Crippen LogP) is 3.67. The Bertz CT molecular complexity index is 1290. The van der Waals surface area contributed by atoms with Crippen molar-refractivity contribution in [2.45, 2.75) is 17.6 Å². The molecule has 0 saturated heterocycles. The number of amides is 1. The summed E-state index contributed by atoms with van der Waals surface area (Å²) in [4.78, 5) is 22.8. The highest BCUT2D eigenvalue weighted by atomic mass is 32.2. The first kappa shape index (κ1) is 21.4. The molecule has 11 heteroatoms. The molecule has 3 aromatic heterocycles. The molecule has 1 aliphatic rings. The predicted molar refractivity (Wildman–Crippen MR) is 126 cm³/mol. The van der Waals surface area contributed by atoms with Crippen molar-refractivity contribution in [2.75, 3.05) is 20.0 Å². The molecule has 1 aliphatic heterocycles. The van der Waals surface area contributed by atoms with E-state index in [-0.39, 0.29) is 17.7 Å². The second kappa shape index (κ2) is 9.20. The molecule has 4 aromatic rings. The smallest absolute Gasteiger partial charge is 0.253 e. The van der Waals surface area contributed by atoms with E-state index >= 15 is 0 Å². The van der Waals surface area contributed by atoms with Gasteiger partial charge in [0.25, 0.3) is 11.7 Å². The first-order chi connectivity index (χ1) is 16.2. The third-order valence-corrected chi connectivity index (χ3v) is 6.93. The van der Waals surface area contributed by atoms with E-state index in [0.717, 1.165) is 16.2 Å². The molecule has 1 aromatic carbocycles. The summed E-state index contributed by atoms with van der Waals surface area (Å²) >= 11 is 2.87. The number of thioether (sulfide) groups is 1. The summed E-state index contributed by atoms with van der Waals surface area (Å²) < 4.78 is 12.4. The minimum Gasteiger partial charge on any atom is -0.493 e. The van der Waals surface area contributed by atoms with Gasteiger partial charge in [-0.1, -0.05) is 23.9 Å². The summed E-state index contributed by atoms with van der Waals surface area (Å²) in [5.74, 6) is 1.77. The molecular weight excluding hydrogens is 460 g/mol. The molecule has 33 heavy (non-hydrogen) atoms. The number of aromatic nitrogens is 4. The molecule has 1 unspecified atom stereocenters. The fourth-order valence-electron chi connectivity index (χ4n) is 3.62. The minimum absolute atomic E-state index is 0.127. The van der Waals surface area contributed by atoms with E-state index < -0.39 is 0 Å². The number of hydrazone groups is 1. The van der Waals surface area contributed by atoms with E-state index in [0.29, 0.717) is 28.9 Å². The Balaban J connectivity index is 1.40. The molecule has 0 bridgehead atoms. The van der Waals surface area contributed by atoms with Crippen molar-refractivity contribution in [1.29, 1.82) is 0 Å². The molecule has 0 saturated carbocycles. The van der Waals surface area contributed by atoms with Crippen LogP contribution in [0.5, 0.6) is 11.5 Å². The maximum absolute atomic E-state index is 13.3. The zero-order valence-corrected chi connectivity index (χ0v) is 19.5. The van der Waals surface area contributed by atoms with Gasteiger partial charge in [0.1, 0.15) is 0 Å². The second-order valence-corrected chi connectivity index (χ2v) is 9.03. The molecular formula is C22H20N6O3S2. The Kier molecular flexibility index (Phi) is 5.97. The summed E-state index contributed by atoms with van der Waals surface area (Å²) in [7, 11) is 3.20. The van der Waals surface area contributed by atoms with Gasteiger partial charge in [-0.15, -0.1) is 16.4 Å². The Hall–Kier alpha value is -3.44. The van der Waals surface area contributed by atoms with Crippen LogP contribution in [-0.4, -0.2) is 56.2 Å². The number of nitrogens with zero attached hydrogens (tertiary/aromatic N) is 6. The number of hydrogen-bond acceptors (Lipinski definition) is 9. The monoisotopic (exact) mass is 480 g/mol. The van der Waals surface area contributed by atoms with Gasteiger partial charge in [0.2, 0.25) is 5.16 Å². The maximum Gasteiger partial charge on any atom is 0.253 e. The van der Waals surface area contributed by atoms with Crippen LogP contribution in [0, 0.1) is 0 Å². The fraction of sp³-hybridized carbons (Fsp3) is 0.227. The lowest BCUT2D eigenvalue weighted by Crippen LogP contribution is -2.28. The standard InChI is InChI=1S/C22H20N6O3S2/c1-30-17-7-6-14(11-18(17)31-2)16-12-15(19-5-3-10-32-19)25-28(16)20(29)13-33-22-24-21-23-8-4-9-27(21)26-22/h3-11,16H,12-13H2,1-2H3. The molecule has 168 valence electrons. The van der Waals surface area contributed by atoms with Crippen LogP contribution in [0.3, 0.4) is 0 Å². The van der Waals surface area contributed by atoms with E-state index in [1.54, 1.807) is 53.5 Å². The Morgan fingerprint density at radius 3 is 2.85 bits per heavy atom. The van der Waals surface area contributed by atoms with Crippen molar-refractivity contribution in [3.05, 3.63) is 64.6 Å². The Morgan fingerprint density at radius 1 is 1.21 bits per heavy atom. The first-order valence-electron chi connectivity index (χ1n) is 10.1. The summed E-state index contributed by atoms with van der Waals surface area (Å²) in [5, 5.41) is 13.1. The van der Waals surface area contributed by atoms with Crippen LogP contribution < -0.4 is 9.47 Å². The van der Waals surface area contributed by atoms with Gasteiger partial charge in [-0.3, -0.25) is 4.79 Å². The zero-order chi connectivity index (χ0) is 22.8. The van der Waals surface area contributed by atoms with Gasteiger partial charge >= 0.3 is 0 Å². The number of ether oxygens (including phenoxy) is 2. The third kappa shape index (κ3) is 4.29. The third-order valence-electron chi connectivity index (χ3n) is 5.19. The van der Waals surface area contributed by atoms with E-state index in [1.807, 2.05) is 35.7 Å². The molecule has 4 heterocycles. The van der Waals surface area contributed by atoms with Crippen molar-refractivity contribution < 1.29 is 14.3 Å². The maximum atomic E-state index is 13.3. The number of benzene rings is 1. The lowest BCUT2D eigenvalue weighted by molar-refractivity contribution is -0.130. The van der Waals surface area contributed by atoms with Crippen molar-refractivity contribution in [3.63, 3.8) is 0 Å². The number of carbonyl (C=O) groups excluding carboxylic acids is 1. The largest absolute Gasteiger partial charge is 0.493 e. The number of rotatable bonds is 7. The number of methoxy groups -OCH3 is 2. The lowest BCUT2D eigenvalue weighted by atomic mass is 10.0.